The largest absolute Gasteiger partial charge is 0.487 e. The number of ether oxygens (including phenoxy) is 1. The number of likely N-dealkylation sites (tertiary alicyclic amines) is 1. The molecule has 1 aliphatic heterocycles. The molecule has 34 heavy (non-hydrogen) atoms. The number of aliphatic hydroxyl groups is 1. The van der Waals surface area contributed by atoms with Crippen molar-refractivity contribution in [2.24, 2.45) is 5.92 Å². The first kappa shape index (κ1) is 23.5. The first-order chi connectivity index (χ1) is 16.4. The van der Waals surface area contributed by atoms with Gasteiger partial charge in [0.25, 0.3) is 0 Å². The van der Waals surface area contributed by atoms with Crippen molar-refractivity contribution in [2.45, 2.75) is 69.6 Å². The normalized spacial score (nSPS) is 26.3. The van der Waals surface area contributed by atoms with Gasteiger partial charge in [-0.2, -0.15) is 0 Å². The van der Waals surface area contributed by atoms with Gasteiger partial charge in [0.05, 0.1) is 12.3 Å². The molecule has 2 bridgehead atoms. The number of benzene rings is 2. The lowest BCUT2D eigenvalue weighted by Gasteiger charge is -2.58. The number of anilines is 1. The molecule has 2 aromatic rings. The number of aliphatic hydroxyl groups excluding tert-OH is 1. The van der Waals surface area contributed by atoms with Gasteiger partial charge in [-0.1, -0.05) is 43.2 Å². The second kappa shape index (κ2) is 9.42. The van der Waals surface area contributed by atoms with Gasteiger partial charge in [0, 0.05) is 28.5 Å². The van der Waals surface area contributed by atoms with Crippen molar-refractivity contribution >= 4 is 27.7 Å². The molecule has 182 valence electrons. The molecule has 0 radical (unpaired) electrons. The van der Waals surface area contributed by atoms with E-state index in [4.69, 9.17) is 4.74 Å². The minimum Gasteiger partial charge on any atom is -0.487 e. The Morgan fingerprint density at radius 1 is 1.29 bits per heavy atom. The Labute approximate surface area is 209 Å². The van der Waals surface area contributed by atoms with Crippen LogP contribution in [0.4, 0.5) is 10.5 Å². The second-order valence-electron chi connectivity index (χ2n) is 10.1. The number of carbonyl (C=O) groups is 1. The number of rotatable bonds is 6. The van der Waals surface area contributed by atoms with Gasteiger partial charge in [0.1, 0.15) is 12.4 Å². The van der Waals surface area contributed by atoms with E-state index in [1.807, 2.05) is 25.1 Å². The van der Waals surface area contributed by atoms with Crippen molar-refractivity contribution in [1.29, 1.82) is 0 Å². The van der Waals surface area contributed by atoms with E-state index in [0.29, 0.717) is 25.5 Å². The fourth-order valence-corrected chi connectivity index (χ4v) is 7.28. The lowest BCUT2D eigenvalue weighted by atomic mass is 9.52. The fourth-order valence-electron chi connectivity index (χ4n) is 6.60. The Bertz CT molecular complexity index is 1060. The Kier molecular flexibility index (Phi) is 6.51. The number of fused-ring (bicyclic) bond motifs is 1. The summed E-state index contributed by atoms with van der Waals surface area (Å²) in [6, 6.07) is 12.2. The highest BCUT2D eigenvalue weighted by Gasteiger charge is 2.55. The molecule has 5 rings (SSSR count). The van der Waals surface area contributed by atoms with Gasteiger partial charge < -0.3 is 25.2 Å². The third kappa shape index (κ3) is 3.97. The topological polar surface area (TPSA) is 82.0 Å². The van der Waals surface area contributed by atoms with Crippen molar-refractivity contribution in [3.8, 4) is 5.75 Å². The van der Waals surface area contributed by atoms with Crippen molar-refractivity contribution in [1.82, 2.24) is 4.90 Å². The molecule has 2 aliphatic carbocycles. The quantitative estimate of drug-likeness (QED) is 0.457. The smallest absolute Gasteiger partial charge is 0.407 e. The van der Waals surface area contributed by atoms with Crippen molar-refractivity contribution < 1.29 is 19.7 Å². The van der Waals surface area contributed by atoms with Gasteiger partial charge in [-0.15, -0.1) is 0 Å². The maximum atomic E-state index is 12.1. The second-order valence-corrected chi connectivity index (χ2v) is 10.9. The van der Waals surface area contributed by atoms with Crippen molar-refractivity contribution in [2.75, 3.05) is 18.5 Å². The van der Waals surface area contributed by atoms with Gasteiger partial charge in [0.15, 0.2) is 0 Å². The molecule has 0 aromatic heterocycles. The minimum absolute atomic E-state index is 0.00302. The van der Waals surface area contributed by atoms with Crippen LogP contribution in [-0.2, 0) is 18.4 Å². The van der Waals surface area contributed by atoms with Crippen LogP contribution in [0.3, 0.4) is 0 Å². The Balaban J connectivity index is 1.61. The Morgan fingerprint density at radius 2 is 2.09 bits per heavy atom. The van der Waals surface area contributed by atoms with Crippen LogP contribution in [0, 0.1) is 5.92 Å². The highest BCUT2D eigenvalue weighted by atomic mass is 79.9. The molecule has 2 fully saturated rings. The predicted molar refractivity (Wildman–Crippen MR) is 136 cm³/mol. The molecule has 4 atom stereocenters. The van der Waals surface area contributed by atoms with Gasteiger partial charge in [-0.3, -0.25) is 0 Å². The van der Waals surface area contributed by atoms with E-state index in [-0.39, 0.29) is 24.1 Å². The molecule has 3 N–H and O–H groups in total. The van der Waals surface area contributed by atoms with Gasteiger partial charge in [0.2, 0.25) is 0 Å². The maximum absolute atomic E-state index is 12.1. The number of nitrogens with zero attached hydrogens (tertiary/aromatic N) is 1. The summed E-state index contributed by atoms with van der Waals surface area (Å²) in [6.07, 6.45) is 5.27. The summed E-state index contributed by atoms with van der Waals surface area (Å²) in [5.74, 6) is 1.13. The SMILES string of the molecule is CC(CO)Nc1c(OCc2ccccc2)cc2c(c1Br)CC1C3CCCCC23CCN1C(=O)O. The zero-order chi connectivity index (χ0) is 23.9. The zero-order valence-corrected chi connectivity index (χ0v) is 21.2. The number of amides is 1. The molecule has 6 nitrogen and oxygen atoms in total. The van der Waals surface area contributed by atoms with Gasteiger partial charge in [-0.25, -0.2) is 4.79 Å². The average molecular weight is 529 g/mol. The van der Waals surface area contributed by atoms with E-state index in [1.165, 1.54) is 17.5 Å². The fraction of sp³-hybridized carbons (Fsp3) is 0.519. The van der Waals surface area contributed by atoms with Crippen LogP contribution in [0.5, 0.6) is 5.75 Å². The molecule has 4 unspecified atom stereocenters. The van der Waals surface area contributed by atoms with E-state index in [1.54, 1.807) is 4.90 Å². The molecule has 3 aliphatic rings. The zero-order valence-electron chi connectivity index (χ0n) is 19.6. The molecule has 2 aromatic carbocycles. The predicted octanol–water partition coefficient (Wildman–Crippen LogP) is 5.56. The molecular weight excluding hydrogens is 496 g/mol. The van der Waals surface area contributed by atoms with Gasteiger partial charge in [-0.05, 0) is 77.2 Å². The average Bonchev–Trinajstić information content (AvgIpc) is 2.85. The number of nitrogens with one attached hydrogen (secondary N) is 1. The van der Waals surface area contributed by atoms with E-state index in [9.17, 15) is 15.0 Å². The number of hydrogen-bond acceptors (Lipinski definition) is 4. The third-order valence-corrected chi connectivity index (χ3v) is 9.07. The van der Waals surface area contributed by atoms with Crippen molar-refractivity contribution in [3.05, 3.63) is 57.6 Å². The van der Waals surface area contributed by atoms with Crippen LogP contribution in [0.25, 0.3) is 0 Å². The standard InChI is InChI=1S/C27H33BrN2O4/c1-17(15-31)29-25-23(34-16-18-7-3-2-4-8-18)14-21-19(24(25)28)13-22-20-9-5-6-10-27(20,21)11-12-30(22)26(32)33/h2-4,7-8,14,17,20,22,29,31H,5-6,9-13,15-16H2,1H3,(H,32,33). The van der Waals surface area contributed by atoms with E-state index in [0.717, 1.165) is 47.2 Å². The molecule has 1 saturated heterocycles. The number of piperidine rings is 1. The number of carboxylic acid groups (broad SMARTS) is 1. The molecule has 0 spiro atoms. The Hall–Kier alpha value is -2.25. The van der Waals surface area contributed by atoms with Crippen LogP contribution in [0.2, 0.25) is 0 Å². The van der Waals surface area contributed by atoms with E-state index in [2.05, 4.69) is 39.4 Å². The van der Waals surface area contributed by atoms with Crippen LogP contribution in [0.1, 0.15) is 55.7 Å². The third-order valence-electron chi connectivity index (χ3n) is 8.19. The monoisotopic (exact) mass is 528 g/mol. The summed E-state index contributed by atoms with van der Waals surface area (Å²) < 4.78 is 7.35. The maximum Gasteiger partial charge on any atom is 0.407 e. The molecular formula is C27H33BrN2O4. The molecule has 7 heteroatoms. The van der Waals surface area contributed by atoms with Crippen LogP contribution in [-0.4, -0.2) is 46.4 Å². The number of halogens is 1. The van der Waals surface area contributed by atoms with Crippen molar-refractivity contribution in [3.63, 3.8) is 0 Å². The minimum atomic E-state index is -0.807. The van der Waals surface area contributed by atoms with Crippen LogP contribution >= 0.6 is 15.9 Å². The first-order valence-electron chi connectivity index (χ1n) is 12.3. The highest BCUT2D eigenvalue weighted by molar-refractivity contribution is 9.10. The van der Waals surface area contributed by atoms with Crippen LogP contribution in [0.15, 0.2) is 40.9 Å². The first-order valence-corrected chi connectivity index (χ1v) is 13.1. The van der Waals surface area contributed by atoms with Gasteiger partial charge >= 0.3 is 6.09 Å². The molecule has 1 heterocycles. The lowest BCUT2D eigenvalue weighted by Crippen LogP contribution is -2.62. The molecule has 1 amide bonds. The summed E-state index contributed by atoms with van der Waals surface area (Å²) in [5.41, 5.74) is 4.45. The summed E-state index contributed by atoms with van der Waals surface area (Å²) in [7, 11) is 0. The van der Waals surface area contributed by atoms with E-state index < -0.39 is 6.09 Å². The highest BCUT2D eigenvalue weighted by Crippen LogP contribution is 2.58. The summed E-state index contributed by atoms with van der Waals surface area (Å²) in [6.45, 7) is 2.99. The van der Waals surface area contributed by atoms with E-state index >= 15 is 0 Å². The van der Waals surface area contributed by atoms with Crippen LogP contribution < -0.4 is 10.1 Å². The molecule has 1 saturated carbocycles. The number of hydrogen-bond donors (Lipinski definition) is 3. The lowest BCUT2D eigenvalue weighted by molar-refractivity contribution is -0.00303. The Morgan fingerprint density at radius 3 is 2.82 bits per heavy atom. The summed E-state index contributed by atoms with van der Waals surface area (Å²) in [5, 5.41) is 23.1. The summed E-state index contributed by atoms with van der Waals surface area (Å²) >= 11 is 3.89. The summed E-state index contributed by atoms with van der Waals surface area (Å²) in [4.78, 5) is 13.8.